The second kappa shape index (κ2) is 5.27. The Kier molecular flexibility index (Phi) is 3.72. The summed E-state index contributed by atoms with van der Waals surface area (Å²) in [6.45, 7) is 2.13. The first-order valence-corrected chi connectivity index (χ1v) is 6.15. The number of hydrogen-bond donors (Lipinski definition) is 1. The average Bonchev–Trinajstić information content (AvgIpc) is 2.38. The van der Waals surface area contributed by atoms with E-state index in [0.717, 1.165) is 10.7 Å². The van der Waals surface area contributed by atoms with Crippen LogP contribution in [0.25, 0.3) is 0 Å². The number of anilines is 2. The highest BCUT2D eigenvalue weighted by Crippen LogP contribution is 2.26. The van der Waals surface area contributed by atoms with Crippen molar-refractivity contribution in [3.8, 4) is 0 Å². The fraction of sp³-hybridized carbons (Fsp3) is 0.214. The number of hydrogen-bond acceptors (Lipinski definition) is 3. The van der Waals surface area contributed by atoms with Gasteiger partial charge in [0.2, 0.25) is 0 Å². The molecule has 2 rings (SSSR count). The SMILES string of the molecule is CC(c1cccc(Cl)c1)N(C)c1ccc(N)nc1. The highest BCUT2D eigenvalue weighted by molar-refractivity contribution is 6.30. The number of pyridine rings is 1. The van der Waals surface area contributed by atoms with Gasteiger partial charge in [0.25, 0.3) is 0 Å². The molecular formula is C14H16ClN3. The predicted octanol–water partition coefficient (Wildman–Crippen LogP) is 3.51. The molecule has 1 heterocycles. The van der Waals surface area contributed by atoms with E-state index in [-0.39, 0.29) is 6.04 Å². The van der Waals surface area contributed by atoms with Gasteiger partial charge in [-0.3, -0.25) is 0 Å². The van der Waals surface area contributed by atoms with E-state index >= 15 is 0 Å². The zero-order chi connectivity index (χ0) is 13.1. The first-order valence-electron chi connectivity index (χ1n) is 5.78. The maximum atomic E-state index is 6.01. The quantitative estimate of drug-likeness (QED) is 0.919. The summed E-state index contributed by atoms with van der Waals surface area (Å²) >= 11 is 6.01. The van der Waals surface area contributed by atoms with Crippen molar-refractivity contribution in [3.63, 3.8) is 0 Å². The van der Waals surface area contributed by atoms with Crippen molar-refractivity contribution in [1.82, 2.24) is 4.98 Å². The van der Waals surface area contributed by atoms with Crippen LogP contribution in [0.5, 0.6) is 0 Å². The van der Waals surface area contributed by atoms with Crippen LogP contribution in [0.4, 0.5) is 11.5 Å². The monoisotopic (exact) mass is 261 g/mol. The van der Waals surface area contributed by atoms with E-state index in [0.29, 0.717) is 5.82 Å². The van der Waals surface area contributed by atoms with Crippen LogP contribution in [0, 0.1) is 0 Å². The van der Waals surface area contributed by atoms with Crippen LogP contribution in [0.2, 0.25) is 5.02 Å². The first-order chi connectivity index (χ1) is 8.58. The first kappa shape index (κ1) is 12.7. The van der Waals surface area contributed by atoms with Crippen LogP contribution in [0.3, 0.4) is 0 Å². The number of halogens is 1. The lowest BCUT2D eigenvalue weighted by Gasteiger charge is -2.27. The van der Waals surface area contributed by atoms with Gasteiger partial charge in [0.05, 0.1) is 17.9 Å². The fourth-order valence-electron chi connectivity index (χ4n) is 1.82. The third-order valence-electron chi connectivity index (χ3n) is 3.09. The predicted molar refractivity (Wildman–Crippen MR) is 76.9 cm³/mol. The Hall–Kier alpha value is -1.74. The number of nitrogens with two attached hydrogens (primary N) is 1. The van der Waals surface area contributed by atoms with E-state index in [1.807, 2.05) is 31.3 Å². The standard InChI is InChI=1S/C14H16ClN3/c1-10(11-4-3-5-12(15)8-11)18(2)13-6-7-14(16)17-9-13/h3-10H,1-2H3,(H2,16,17). The summed E-state index contributed by atoms with van der Waals surface area (Å²) in [5.41, 5.74) is 7.78. The molecule has 1 unspecified atom stereocenters. The molecule has 0 saturated heterocycles. The number of nitrogens with zero attached hydrogens (tertiary/aromatic N) is 2. The van der Waals surface area contributed by atoms with Gasteiger partial charge in [-0.2, -0.15) is 0 Å². The summed E-state index contributed by atoms with van der Waals surface area (Å²) < 4.78 is 0. The fourth-order valence-corrected chi connectivity index (χ4v) is 2.02. The molecule has 0 fully saturated rings. The molecule has 2 N–H and O–H groups in total. The normalized spacial score (nSPS) is 12.2. The molecule has 0 amide bonds. The van der Waals surface area contributed by atoms with Crippen LogP contribution < -0.4 is 10.6 Å². The second-order valence-corrected chi connectivity index (χ2v) is 4.72. The van der Waals surface area contributed by atoms with Crippen LogP contribution >= 0.6 is 11.6 Å². The summed E-state index contributed by atoms with van der Waals surface area (Å²) in [4.78, 5) is 6.24. The van der Waals surface area contributed by atoms with Gasteiger partial charge in [-0.25, -0.2) is 4.98 Å². The van der Waals surface area contributed by atoms with E-state index in [1.54, 1.807) is 12.3 Å². The van der Waals surface area contributed by atoms with Crippen molar-refractivity contribution in [1.29, 1.82) is 0 Å². The second-order valence-electron chi connectivity index (χ2n) is 4.28. The number of rotatable bonds is 3. The molecule has 0 bridgehead atoms. The topological polar surface area (TPSA) is 42.1 Å². The molecule has 0 saturated carbocycles. The largest absolute Gasteiger partial charge is 0.384 e. The summed E-state index contributed by atoms with van der Waals surface area (Å²) in [5.74, 6) is 0.530. The highest BCUT2D eigenvalue weighted by atomic mass is 35.5. The third-order valence-corrected chi connectivity index (χ3v) is 3.33. The molecule has 18 heavy (non-hydrogen) atoms. The van der Waals surface area contributed by atoms with Crippen molar-refractivity contribution < 1.29 is 0 Å². The van der Waals surface area contributed by atoms with Gasteiger partial charge in [0.15, 0.2) is 0 Å². The Morgan fingerprint density at radius 1 is 1.28 bits per heavy atom. The Morgan fingerprint density at radius 3 is 2.67 bits per heavy atom. The lowest BCUT2D eigenvalue weighted by molar-refractivity contribution is 0.738. The minimum atomic E-state index is 0.217. The Labute approximate surface area is 112 Å². The van der Waals surface area contributed by atoms with Gasteiger partial charge in [-0.1, -0.05) is 23.7 Å². The molecule has 94 valence electrons. The van der Waals surface area contributed by atoms with Gasteiger partial charge in [0.1, 0.15) is 5.82 Å². The highest BCUT2D eigenvalue weighted by Gasteiger charge is 2.12. The molecule has 1 aromatic heterocycles. The lowest BCUT2D eigenvalue weighted by Crippen LogP contribution is -2.21. The molecule has 0 spiro atoms. The van der Waals surface area contributed by atoms with Crippen LogP contribution in [-0.2, 0) is 0 Å². The summed E-state index contributed by atoms with van der Waals surface area (Å²) in [7, 11) is 2.03. The lowest BCUT2D eigenvalue weighted by atomic mass is 10.1. The van der Waals surface area contributed by atoms with Crippen molar-refractivity contribution in [2.75, 3.05) is 17.7 Å². The number of benzene rings is 1. The van der Waals surface area contributed by atoms with E-state index in [1.165, 1.54) is 5.56 Å². The van der Waals surface area contributed by atoms with Crippen molar-refractivity contribution in [2.24, 2.45) is 0 Å². The molecule has 1 atom stereocenters. The smallest absolute Gasteiger partial charge is 0.123 e. The van der Waals surface area contributed by atoms with Crippen molar-refractivity contribution in [2.45, 2.75) is 13.0 Å². The van der Waals surface area contributed by atoms with Crippen molar-refractivity contribution >= 4 is 23.1 Å². The summed E-state index contributed by atoms with van der Waals surface area (Å²) in [6.07, 6.45) is 1.77. The molecule has 0 aliphatic rings. The van der Waals surface area contributed by atoms with Gasteiger partial charge < -0.3 is 10.6 Å². The molecular weight excluding hydrogens is 246 g/mol. The van der Waals surface area contributed by atoms with E-state index in [2.05, 4.69) is 22.9 Å². The molecule has 0 aliphatic heterocycles. The zero-order valence-corrected chi connectivity index (χ0v) is 11.2. The average molecular weight is 262 g/mol. The van der Waals surface area contributed by atoms with E-state index < -0.39 is 0 Å². The minimum absolute atomic E-state index is 0.217. The van der Waals surface area contributed by atoms with Gasteiger partial charge in [-0.05, 0) is 36.8 Å². The molecule has 0 aliphatic carbocycles. The maximum Gasteiger partial charge on any atom is 0.123 e. The van der Waals surface area contributed by atoms with Crippen LogP contribution in [0.1, 0.15) is 18.5 Å². The minimum Gasteiger partial charge on any atom is -0.384 e. The Morgan fingerprint density at radius 2 is 2.06 bits per heavy atom. The Bertz CT molecular complexity index is 525. The van der Waals surface area contributed by atoms with Gasteiger partial charge >= 0.3 is 0 Å². The summed E-state index contributed by atoms with van der Waals surface area (Å²) in [5, 5.41) is 0.753. The molecule has 3 nitrogen and oxygen atoms in total. The summed E-state index contributed by atoms with van der Waals surface area (Å²) in [6, 6.07) is 11.9. The molecule has 4 heteroatoms. The number of aromatic nitrogens is 1. The van der Waals surface area contributed by atoms with Crippen LogP contribution in [0.15, 0.2) is 42.6 Å². The number of nitrogen functional groups attached to an aromatic ring is 1. The van der Waals surface area contributed by atoms with Crippen molar-refractivity contribution in [3.05, 3.63) is 53.2 Å². The molecule has 1 aromatic carbocycles. The van der Waals surface area contributed by atoms with Gasteiger partial charge in [0, 0.05) is 12.1 Å². The third kappa shape index (κ3) is 2.74. The molecule has 0 radical (unpaired) electrons. The van der Waals surface area contributed by atoms with Crippen LogP contribution in [-0.4, -0.2) is 12.0 Å². The Balaban J connectivity index is 2.23. The zero-order valence-electron chi connectivity index (χ0n) is 10.5. The van der Waals surface area contributed by atoms with Gasteiger partial charge in [-0.15, -0.1) is 0 Å². The van der Waals surface area contributed by atoms with E-state index in [4.69, 9.17) is 17.3 Å². The maximum absolute atomic E-state index is 6.01. The molecule has 2 aromatic rings. The van der Waals surface area contributed by atoms with E-state index in [9.17, 15) is 0 Å².